The Bertz CT molecular complexity index is 164. The quantitative estimate of drug-likeness (QED) is 0.508. The van der Waals surface area contributed by atoms with E-state index in [9.17, 15) is 9.90 Å². The first kappa shape index (κ1) is 9.48. The van der Waals surface area contributed by atoms with Crippen LogP contribution in [-0.2, 0) is 9.53 Å². The van der Waals surface area contributed by atoms with Gasteiger partial charge in [0.25, 0.3) is 0 Å². The molecule has 0 aromatic carbocycles. The monoisotopic (exact) mass is 174 g/mol. The second-order valence-corrected chi connectivity index (χ2v) is 3.14. The molecule has 0 aromatic rings. The van der Waals surface area contributed by atoms with Crippen LogP contribution in [0.15, 0.2) is 0 Å². The van der Waals surface area contributed by atoms with Gasteiger partial charge >= 0.3 is 5.97 Å². The highest BCUT2D eigenvalue weighted by Crippen LogP contribution is 2.14. The van der Waals surface area contributed by atoms with Gasteiger partial charge in [-0.25, -0.2) is 4.79 Å². The Morgan fingerprint density at radius 2 is 2.50 bits per heavy atom. The minimum absolute atomic E-state index is 0.334. The maximum Gasteiger partial charge on any atom is 0.344 e. The van der Waals surface area contributed by atoms with Crippen LogP contribution >= 0.6 is 0 Å². The maximum absolute atomic E-state index is 11.2. The second kappa shape index (κ2) is 3.87. The molecular weight excluding hydrogens is 158 g/mol. The molecule has 1 unspecified atom stereocenters. The van der Waals surface area contributed by atoms with Gasteiger partial charge in [-0.15, -0.1) is 0 Å². The number of quaternary nitrogens is 1. The molecule has 4 nitrogen and oxygen atoms in total. The van der Waals surface area contributed by atoms with Gasteiger partial charge in [0.1, 0.15) is 6.54 Å². The van der Waals surface area contributed by atoms with Crippen molar-refractivity contribution in [3.8, 4) is 0 Å². The Kier molecular flexibility index (Phi) is 3.05. The fourth-order valence-corrected chi connectivity index (χ4v) is 1.43. The number of nitrogens with two attached hydrogens (primary N) is 1. The van der Waals surface area contributed by atoms with Gasteiger partial charge in [-0.05, 0) is 19.8 Å². The first-order valence-electron chi connectivity index (χ1n) is 4.40. The van der Waals surface area contributed by atoms with Crippen molar-refractivity contribution in [1.29, 1.82) is 0 Å². The summed E-state index contributed by atoms with van der Waals surface area (Å²) >= 11 is 0. The predicted molar refractivity (Wildman–Crippen MR) is 42.5 cm³/mol. The van der Waals surface area contributed by atoms with Crippen molar-refractivity contribution in [3.63, 3.8) is 0 Å². The Labute approximate surface area is 71.9 Å². The largest absolute Gasteiger partial charge is 0.464 e. The molecule has 0 bridgehead atoms. The summed E-state index contributed by atoms with van der Waals surface area (Å²) in [5, 5.41) is 11.7. The van der Waals surface area contributed by atoms with Crippen molar-refractivity contribution in [2.45, 2.75) is 25.4 Å². The molecule has 1 aliphatic heterocycles. The predicted octanol–water partition coefficient (Wildman–Crippen LogP) is -1.36. The fraction of sp³-hybridized carbons (Fsp3) is 0.875. The molecule has 1 fully saturated rings. The van der Waals surface area contributed by atoms with Crippen LogP contribution in [0.5, 0.6) is 0 Å². The zero-order valence-corrected chi connectivity index (χ0v) is 7.38. The van der Waals surface area contributed by atoms with Crippen LogP contribution < -0.4 is 5.32 Å². The maximum atomic E-state index is 11.2. The molecule has 1 rings (SSSR count). The van der Waals surface area contributed by atoms with E-state index >= 15 is 0 Å². The van der Waals surface area contributed by atoms with Gasteiger partial charge in [-0.1, -0.05) is 0 Å². The lowest BCUT2D eigenvalue weighted by Gasteiger charge is -2.27. The van der Waals surface area contributed by atoms with Crippen molar-refractivity contribution in [2.75, 3.05) is 19.7 Å². The minimum Gasteiger partial charge on any atom is -0.464 e. The van der Waals surface area contributed by atoms with E-state index in [1.165, 1.54) is 0 Å². The lowest BCUT2D eigenvalue weighted by atomic mass is 9.94. The number of hydrogen-bond donors (Lipinski definition) is 2. The van der Waals surface area contributed by atoms with Crippen LogP contribution in [0, 0.1) is 0 Å². The third kappa shape index (κ3) is 1.95. The van der Waals surface area contributed by atoms with Gasteiger partial charge in [-0.2, -0.15) is 0 Å². The van der Waals surface area contributed by atoms with E-state index in [2.05, 4.69) is 0 Å². The highest BCUT2D eigenvalue weighted by atomic mass is 16.5. The van der Waals surface area contributed by atoms with E-state index < -0.39 is 11.6 Å². The lowest BCUT2D eigenvalue weighted by molar-refractivity contribution is -0.674. The van der Waals surface area contributed by atoms with Crippen molar-refractivity contribution in [1.82, 2.24) is 0 Å². The molecule has 0 saturated carbocycles. The Hall–Kier alpha value is -0.610. The van der Waals surface area contributed by atoms with E-state index in [4.69, 9.17) is 4.74 Å². The molecule has 1 aliphatic rings. The van der Waals surface area contributed by atoms with Crippen molar-refractivity contribution >= 4 is 5.97 Å². The van der Waals surface area contributed by atoms with Crippen molar-refractivity contribution < 1.29 is 20.0 Å². The third-order valence-electron chi connectivity index (χ3n) is 2.14. The molecule has 0 aliphatic carbocycles. The molecule has 0 aromatic heterocycles. The average molecular weight is 174 g/mol. The van der Waals surface area contributed by atoms with Crippen LogP contribution in [0.1, 0.15) is 19.8 Å². The Balaban J connectivity index is 2.50. The van der Waals surface area contributed by atoms with Gasteiger partial charge in [0.2, 0.25) is 5.60 Å². The zero-order chi connectivity index (χ0) is 9.03. The summed E-state index contributed by atoms with van der Waals surface area (Å²) in [6.07, 6.45) is 1.40. The molecular formula is C8H16NO3+. The fourth-order valence-electron chi connectivity index (χ4n) is 1.43. The van der Waals surface area contributed by atoms with Crippen LogP contribution in [0.2, 0.25) is 0 Å². The normalized spacial score (nSPS) is 29.8. The average Bonchev–Trinajstić information content (AvgIpc) is 2.06. The van der Waals surface area contributed by atoms with Crippen molar-refractivity contribution in [2.24, 2.45) is 0 Å². The van der Waals surface area contributed by atoms with E-state index in [1.54, 1.807) is 6.92 Å². The summed E-state index contributed by atoms with van der Waals surface area (Å²) in [5.74, 6) is -0.471. The molecule has 70 valence electrons. The number of carbonyl (C=O) groups excluding carboxylic acids is 1. The Morgan fingerprint density at radius 3 is 3.00 bits per heavy atom. The summed E-state index contributed by atoms with van der Waals surface area (Å²) in [4.78, 5) is 11.2. The molecule has 0 spiro atoms. The molecule has 1 atom stereocenters. The molecule has 0 radical (unpaired) electrons. The number of hydrogen-bond acceptors (Lipinski definition) is 3. The summed E-state index contributed by atoms with van der Waals surface area (Å²) in [6.45, 7) is 3.50. The lowest BCUT2D eigenvalue weighted by Crippen LogP contribution is -2.91. The summed E-state index contributed by atoms with van der Waals surface area (Å²) in [7, 11) is 0. The molecule has 12 heavy (non-hydrogen) atoms. The van der Waals surface area contributed by atoms with E-state index in [0.717, 1.165) is 13.0 Å². The smallest absolute Gasteiger partial charge is 0.344 e. The summed E-state index contributed by atoms with van der Waals surface area (Å²) < 4.78 is 4.78. The van der Waals surface area contributed by atoms with Gasteiger partial charge < -0.3 is 15.2 Å². The van der Waals surface area contributed by atoms with Gasteiger partial charge in [0.05, 0.1) is 13.2 Å². The molecule has 0 amide bonds. The highest BCUT2D eigenvalue weighted by molar-refractivity contribution is 5.79. The Morgan fingerprint density at radius 1 is 1.75 bits per heavy atom. The van der Waals surface area contributed by atoms with E-state index in [1.807, 2.05) is 5.32 Å². The van der Waals surface area contributed by atoms with Crippen LogP contribution in [0.25, 0.3) is 0 Å². The topological polar surface area (TPSA) is 63.1 Å². The minimum atomic E-state index is -1.23. The van der Waals surface area contributed by atoms with Gasteiger partial charge in [-0.3, -0.25) is 0 Å². The van der Waals surface area contributed by atoms with Crippen molar-refractivity contribution in [3.05, 3.63) is 0 Å². The van der Waals surface area contributed by atoms with Crippen LogP contribution in [0.3, 0.4) is 0 Å². The SMILES string of the molecule is CCOC(=O)C1(O)CCC[NH2+]C1. The van der Waals surface area contributed by atoms with Crippen LogP contribution in [-0.4, -0.2) is 36.4 Å². The standard InChI is InChI=1S/C8H15NO3/c1-2-12-7(10)8(11)4-3-5-9-6-8/h9,11H,2-6H2,1H3/p+1. The molecule has 1 saturated heterocycles. The van der Waals surface area contributed by atoms with E-state index in [-0.39, 0.29) is 0 Å². The number of ether oxygens (including phenoxy) is 1. The van der Waals surface area contributed by atoms with Crippen LogP contribution in [0.4, 0.5) is 0 Å². The first-order valence-corrected chi connectivity index (χ1v) is 4.40. The molecule has 1 heterocycles. The third-order valence-corrected chi connectivity index (χ3v) is 2.14. The highest BCUT2D eigenvalue weighted by Gasteiger charge is 2.41. The number of carbonyl (C=O) groups is 1. The number of esters is 1. The molecule has 4 heteroatoms. The van der Waals surface area contributed by atoms with E-state index in [0.29, 0.717) is 19.6 Å². The zero-order valence-electron chi connectivity index (χ0n) is 7.38. The first-order chi connectivity index (χ1) is 5.69. The van der Waals surface area contributed by atoms with Gasteiger partial charge in [0.15, 0.2) is 0 Å². The number of piperidine rings is 1. The van der Waals surface area contributed by atoms with Gasteiger partial charge in [0, 0.05) is 0 Å². The summed E-state index contributed by atoms with van der Waals surface area (Å²) in [6, 6.07) is 0. The second-order valence-electron chi connectivity index (χ2n) is 3.14. The summed E-state index contributed by atoms with van der Waals surface area (Å²) in [5.41, 5.74) is -1.23. The molecule has 3 N–H and O–H groups in total. The number of rotatable bonds is 2. The number of aliphatic hydroxyl groups is 1.